The topological polar surface area (TPSA) is 116 Å². The Kier molecular flexibility index (Phi) is 7.48. The van der Waals surface area contributed by atoms with E-state index in [2.05, 4.69) is 10.5 Å². The Balaban J connectivity index is 1.78. The van der Waals surface area contributed by atoms with E-state index in [1.807, 2.05) is 0 Å². The van der Waals surface area contributed by atoms with Crippen molar-refractivity contribution in [3.05, 3.63) is 77.4 Å². The molecule has 3 aromatic carbocycles. The van der Waals surface area contributed by atoms with E-state index in [0.29, 0.717) is 22.8 Å². The number of hydrogen-bond acceptors (Lipinski definition) is 8. The number of phenolic OH excluding ortho intramolecular Hbond substituents is 1. The molecule has 0 aliphatic carbocycles. The first-order valence-corrected chi connectivity index (χ1v) is 9.71. The summed E-state index contributed by atoms with van der Waals surface area (Å²) >= 11 is 0. The van der Waals surface area contributed by atoms with Crippen LogP contribution in [0.15, 0.2) is 65.8 Å². The first-order valence-electron chi connectivity index (χ1n) is 9.71. The molecule has 0 atom stereocenters. The summed E-state index contributed by atoms with van der Waals surface area (Å²) in [5.41, 5.74) is 3.03. The highest BCUT2D eigenvalue weighted by atomic mass is 16.5. The van der Waals surface area contributed by atoms with Crippen LogP contribution in [0, 0.1) is 0 Å². The van der Waals surface area contributed by atoms with Crippen molar-refractivity contribution in [2.24, 2.45) is 5.10 Å². The molecule has 170 valence electrons. The molecule has 9 heteroatoms. The molecule has 0 spiro atoms. The Labute approximate surface area is 190 Å². The summed E-state index contributed by atoms with van der Waals surface area (Å²) in [6, 6.07) is 15.7. The summed E-state index contributed by atoms with van der Waals surface area (Å²) in [5.74, 6) is -0.216. The van der Waals surface area contributed by atoms with Crippen LogP contribution in [0.1, 0.15) is 26.3 Å². The van der Waals surface area contributed by atoms with E-state index in [-0.39, 0.29) is 22.6 Å². The van der Waals surface area contributed by atoms with Gasteiger partial charge >= 0.3 is 5.97 Å². The van der Waals surface area contributed by atoms with E-state index in [0.717, 1.165) is 0 Å². The maximum absolute atomic E-state index is 12.8. The van der Waals surface area contributed by atoms with Crippen molar-refractivity contribution in [3.63, 3.8) is 0 Å². The molecule has 0 unspecified atom stereocenters. The molecule has 0 fully saturated rings. The number of esters is 1. The van der Waals surface area contributed by atoms with Crippen molar-refractivity contribution in [3.8, 4) is 28.7 Å². The average Bonchev–Trinajstić information content (AvgIpc) is 2.84. The highest BCUT2D eigenvalue weighted by Gasteiger charge is 2.19. The third-order valence-electron chi connectivity index (χ3n) is 4.54. The number of amides is 1. The monoisotopic (exact) mass is 450 g/mol. The minimum absolute atomic E-state index is 0.0803. The molecular weight excluding hydrogens is 428 g/mol. The molecule has 0 bridgehead atoms. The van der Waals surface area contributed by atoms with Gasteiger partial charge in [0, 0.05) is 5.56 Å². The zero-order valence-electron chi connectivity index (χ0n) is 18.2. The van der Waals surface area contributed by atoms with Crippen LogP contribution in [-0.2, 0) is 0 Å². The third-order valence-corrected chi connectivity index (χ3v) is 4.54. The Morgan fingerprint density at radius 3 is 2.15 bits per heavy atom. The number of nitrogens with one attached hydrogen (secondary N) is 1. The highest BCUT2D eigenvalue weighted by molar-refractivity contribution is 5.98. The Morgan fingerprint density at radius 2 is 1.52 bits per heavy atom. The standard InChI is InChI=1S/C24H22N2O7/c1-30-20-12-16(13-21(31-2)22(20)32-3)24(29)33-19-11-7-4-8-15(19)14-25-26-23(28)17-9-5-6-10-18(17)27/h4-14,27H,1-3H3,(H,26,28). The number of aromatic hydroxyl groups is 1. The molecule has 3 rings (SSSR count). The summed E-state index contributed by atoms with van der Waals surface area (Å²) < 4.78 is 21.3. The first-order chi connectivity index (χ1) is 16.0. The predicted molar refractivity (Wildman–Crippen MR) is 121 cm³/mol. The van der Waals surface area contributed by atoms with Crippen molar-refractivity contribution >= 4 is 18.1 Å². The van der Waals surface area contributed by atoms with Gasteiger partial charge in [0.05, 0.1) is 38.7 Å². The maximum atomic E-state index is 12.8. The van der Waals surface area contributed by atoms with E-state index < -0.39 is 11.9 Å². The lowest BCUT2D eigenvalue weighted by molar-refractivity contribution is 0.0733. The molecule has 2 N–H and O–H groups in total. The lowest BCUT2D eigenvalue weighted by Gasteiger charge is -2.14. The number of carbonyl (C=O) groups is 2. The van der Waals surface area contributed by atoms with Gasteiger partial charge in [0.1, 0.15) is 11.5 Å². The van der Waals surface area contributed by atoms with Crippen LogP contribution < -0.4 is 24.4 Å². The van der Waals surface area contributed by atoms with Gasteiger partial charge in [0.15, 0.2) is 11.5 Å². The zero-order chi connectivity index (χ0) is 23.8. The molecule has 9 nitrogen and oxygen atoms in total. The van der Waals surface area contributed by atoms with Gasteiger partial charge in [0.25, 0.3) is 5.91 Å². The van der Waals surface area contributed by atoms with Crippen LogP contribution in [0.2, 0.25) is 0 Å². The number of rotatable bonds is 8. The fourth-order valence-corrected chi connectivity index (χ4v) is 2.92. The van der Waals surface area contributed by atoms with Crippen molar-refractivity contribution in [2.75, 3.05) is 21.3 Å². The van der Waals surface area contributed by atoms with E-state index in [9.17, 15) is 14.7 Å². The summed E-state index contributed by atoms with van der Waals surface area (Å²) in [5, 5.41) is 13.7. The maximum Gasteiger partial charge on any atom is 0.343 e. The quantitative estimate of drug-likeness (QED) is 0.234. The van der Waals surface area contributed by atoms with Gasteiger partial charge < -0.3 is 24.1 Å². The van der Waals surface area contributed by atoms with E-state index >= 15 is 0 Å². The molecule has 0 saturated heterocycles. The van der Waals surface area contributed by atoms with Crippen molar-refractivity contribution in [1.29, 1.82) is 0 Å². The summed E-state index contributed by atoms with van der Waals surface area (Å²) in [4.78, 5) is 25.0. The number of benzene rings is 3. The average molecular weight is 450 g/mol. The smallest absolute Gasteiger partial charge is 0.343 e. The number of hydrazone groups is 1. The molecule has 3 aromatic rings. The zero-order valence-corrected chi connectivity index (χ0v) is 18.2. The van der Waals surface area contributed by atoms with Gasteiger partial charge in [-0.05, 0) is 36.4 Å². The van der Waals surface area contributed by atoms with Crippen molar-refractivity contribution in [1.82, 2.24) is 5.43 Å². The molecule has 0 radical (unpaired) electrons. The normalized spacial score (nSPS) is 10.5. The molecule has 0 aromatic heterocycles. The summed E-state index contributed by atoms with van der Waals surface area (Å²) in [6.45, 7) is 0. The van der Waals surface area contributed by atoms with Gasteiger partial charge in [-0.3, -0.25) is 4.79 Å². The van der Waals surface area contributed by atoms with E-state index in [1.54, 1.807) is 36.4 Å². The lowest BCUT2D eigenvalue weighted by Crippen LogP contribution is -2.17. The lowest BCUT2D eigenvalue weighted by atomic mass is 10.1. The number of para-hydroxylation sites is 2. The third kappa shape index (κ3) is 5.40. The van der Waals surface area contributed by atoms with Gasteiger partial charge in [-0.15, -0.1) is 0 Å². The second-order valence-corrected chi connectivity index (χ2v) is 6.56. The van der Waals surface area contributed by atoms with E-state index in [1.165, 1.54) is 51.8 Å². The van der Waals surface area contributed by atoms with Crippen LogP contribution in [0.5, 0.6) is 28.7 Å². The van der Waals surface area contributed by atoms with Gasteiger partial charge in [0.2, 0.25) is 5.75 Å². The molecule has 33 heavy (non-hydrogen) atoms. The SMILES string of the molecule is COc1cc(C(=O)Oc2ccccc2C=NNC(=O)c2ccccc2O)cc(OC)c1OC. The minimum Gasteiger partial charge on any atom is -0.507 e. The van der Waals surface area contributed by atoms with Crippen LogP contribution in [0.25, 0.3) is 0 Å². The second kappa shape index (κ2) is 10.7. The molecule has 0 heterocycles. The second-order valence-electron chi connectivity index (χ2n) is 6.56. The molecule has 1 amide bonds. The van der Waals surface area contributed by atoms with Crippen LogP contribution in [-0.4, -0.2) is 44.5 Å². The Bertz CT molecular complexity index is 1170. The molecular formula is C24H22N2O7. The van der Waals surface area contributed by atoms with Crippen molar-refractivity contribution in [2.45, 2.75) is 0 Å². The fourth-order valence-electron chi connectivity index (χ4n) is 2.92. The van der Waals surface area contributed by atoms with Crippen LogP contribution >= 0.6 is 0 Å². The molecule has 0 saturated carbocycles. The Morgan fingerprint density at radius 1 is 0.879 bits per heavy atom. The van der Waals surface area contributed by atoms with Gasteiger partial charge in [-0.2, -0.15) is 5.10 Å². The summed E-state index contributed by atoms with van der Waals surface area (Å²) in [7, 11) is 4.36. The highest BCUT2D eigenvalue weighted by Crippen LogP contribution is 2.38. The largest absolute Gasteiger partial charge is 0.507 e. The molecule has 0 aliphatic heterocycles. The van der Waals surface area contributed by atoms with Crippen LogP contribution in [0.4, 0.5) is 0 Å². The predicted octanol–water partition coefficient (Wildman–Crippen LogP) is 3.40. The van der Waals surface area contributed by atoms with Gasteiger partial charge in [-0.1, -0.05) is 24.3 Å². The molecule has 0 aliphatic rings. The van der Waals surface area contributed by atoms with Gasteiger partial charge in [-0.25, -0.2) is 10.2 Å². The first kappa shape index (κ1) is 23.1. The van der Waals surface area contributed by atoms with Crippen LogP contribution in [0.3, 0.4) is 0 Å². The fraction of sp³-hybridized carbons (Fsp3) is 0.125. The number of ether oxygens (including phenoxy) is 4. The number of phenols is 1. The summed E-state index contributed by atoms with van der Waals surface area (Å²) in [6.07, 6.45) is 1.33. The number of methoxy groups -OCH3 is 3. The Hall–Kier alpha value is -4.53. The van der Waals surface area contributed by atoms with Crippen molar-refractivity contribution < 1.29 is 33.6 Å². The van der Waals surface area contributed by atoms with E-state index in [4.69, 9.17) is 18.9 Å². The minimum atomic E-state index is -0.659. The number of hydrogen-bond donors (Lipinski definition) is 2. The number of carbonyl (C=O) groups excluding carboxylic acids is 2. The number of nitrogens with zero attached hydrogens (tertiary/aromatic N) is 1.